The fourth-order valence-corrected chi connectivity index (χ4v) is 5.26. The van der Waals surface area contributed by atoms with Crippen LogP contribution in [0.15, 0.2) is 48.9 Å². The van der Waals surface area contributed by atoms with Crippen molar-refractivity contribution in [3.8, 4) is 0 Å². The van der Waals surface area contributed by atoms with E-state index in [4.69, 9.17) is 11.6 Å². The Hall–Kier alpha value is -4.78. The number of Topliss-reactive ketones (excluding diaryl/α,β-unsaturated/α-hetero) is 1. The summed E-state index contributed by atoms with van der Waals surface area (Å²) in [6, 6.07) is 5.02. The SMILES string of the molecule is CC(=O)Cn1c(C(=O)NCc2cnccn2)nc(NC(=O)N2CCc3cc(F)c(F)cc32)c1[C@@H](C)c1cc(F)ccc1Cl. The van der Waals surface area contributed by atoms with Gasteiger partial charge in [0.15, 0.2) is 17.5 Å². The second-order valence-electron chi connectivity index (χ2n) is 9.95. The predicted octanol–water partition coefficient (Wildman–Crippen LogP) is 5.01. The van der Waals surface area contributed by atoms with E-state index in [1.54, 1.807) is 6.92 Å². The lowest BCUT2D eigenvalue weighted by atomic mass is 9.97. The number of urea groups is 1. The van der Waals surface area contributed by atoms with E-state index in [9.17, 15) is 27.6 Å². The van der Waals surface area contributed by atoms with Crippen LogP contribution in [0.5, 0.6) is 0 Å². The number of fused-ring (bicyclic) bond motifs is 1. The molecule has 2 N–H and O–H groups in total. The molecule has 2 aromatic carbocycles. The second kappa shape index (κ2) is 12.2. The number of anilines is 2. The molecular formula is C29H25ClF3N7O3. The van der Waals surface area contributed by atoms with E-state index in [1.165, 1.54) is 53.2 Å². The van der Waals surface area contributed by atoms with Gasteiger partial charge < -0.3 is 9.88 Å². The standard InChI is InChI=1S/C29H25ClF3N7O3/c1-15(41)14-40-25(16(2)20-10-18(31)3-4-21(20)30)26(37-27(40)28(42)36-13-19-12-34-6-7-35-19)38-29(43)39-8-5-17-9-22(32)23(33)11-24(17)39/h3-4,6-7,9-12,16H,5,8,13-14H2,1-2H3,(H,36,42)(H,38,43)/t16-/m0/s1. The van der Waals surface area contributed by atoms with Crippen LogP contribution in [0.2, 0.25) is 5.02 Å². The van der Waals surface area contributed by atoms with E-state index < -0.39 is 35.3 Å². The average Bonchev–Trinajstić information content (AvgIpc) is 3.54. The van der Waals surface area contributed by atoms with Gasteiger partial charge in [0.25, 0.3) is 5.91 Å². The number of imidazole rings is 1. The largest absolute Gasteiger partial charge is 0.344 e. The maximum atomic E-state index is 14.3. The number of halogens is 4. The molecule has 0 spiro atoms. The normalized spacial score (nSPS) is 13.0. The van der Waals surface area contributed by atoms with Crippen molar-refractivity contribution in [2.75, 3.05) is 16.8 Å². The Kier molecular flexibility index (Phi) is 8.44. The van der Waals surface area contributed by atoms with Gasteiger partial charge in [-0.1, -0.05) is 18.5 Å². The van der Waals surface area contributed by atoms with Crippen LogP contribution < -0.4 is 15.5 Å². The number of aromatic nitrogens is 4. The fourth-order valence-electron chi connectivity index (χ4n) is 4.98. The second-order valence-corrected chi connectivity index (χ2v) is 10.4. The molecule has 1 aliphatic rings. The number of amides is 3. The lowest BCUT2D eigenvalue weighted by molar-refractivity contribution is -0.117. The lowest BCUT2D eigenvalue weighted by Crippen LogP contribution is -2.34. The summed E-state index contributed by atoms with van der Waals surface area (Å²) in [4.78, 5) is 53.0. The zero-order valence-corrected chi connectivity index (χ0v) is 23.8. The van der Waals surface area contributed by atoms with E-state index in [-0.39, 0.29) is 59.9 Å². The van der Waals surface area contributed by atoms with Crippen molar-refractivity contribution in [3.63, 3.8) is 0 Å². The fraction of sp³-hybridized carbons (Fsp3) is 0.241. The maximum absolute atomic E-state index is 14.3. The highest BCUT2D eigenvalue weighted by molar-refractivity contribution is 6.31. The van der Waals surface area contributed by atoms with Crippen LogP contribution in [0.3, 0.4) is 0 Å². The number of carbonyl (C=O) groups excluding carboxylic acids is 3. The zero-order chi connectivity index (χ0) is 30.8. The highest BCUT2D eigenvalue weighted by atomic mass is 35.5. The topological polar surface area (TPSA) is 122 Å². The number of carbonyl (C=O) groups is 3. The Morgan fingerprint density at radius 1 is 1.09 bits per heavy atom. The van der Waals surface area contributed by atoms with Crippen LogP contribution in [0.1, 0.15) is 52.9 Å². The number of nitrogens with one attached hydrogen (secondary N) is 2. The third-order valence-electron chi connectivity index (χ3n) is 6.96. The van der Waals surface area contributed by atoms with Gasteiger partial charge in [-0.25, -0.2) is 22.9 Å². The first-order chi connectivity index (χ1) is 20.5. The Morgan fingerprint density at radius 2 is 1.86 bits per heavy atom. The van der Waals surface area contributed by atoms with Crippen molar-refractivity contribution in [3.05, 3.63) is 99.7 Å². The Morgan fingerprint density at radius 3 is 2.58 bits per heavy atom. The molecule has 4 aromatic rings. The van der Waals surface area contributed by atoms with Crippen molar-refractivity contribution in [2.24, 2.45) is 0 Å². The van der Waals surface area contributed by atoms with Crippen molar-refractivity contribution >= 4 is 40.8 Å². The van der Waals surface area contributed by atoms with Crippen LogP contribution in [-0.2, 0) is 24.3 Å². The first kappa shape index (κ1) is 29.7. The lowest BCUT2D eigenvalue weighted by Gasteiger charge is -2.21. The minimum Gasteiger partial charge on any atom is -0.344 e. The maximum Gasteiger partial charge on any atom is 0.327 e. The van der Waals surface area contributed by atoms with Gasteiger partial charge in [-0.05, 0) is 48.7 Å². The monoisotopic (exact) mass is 611 g/mol. The summed E-state index contributed by atoms with van der Waals surface area (Å²) >= 11 is 6.41. The molecule has 10 nitrogen and oxygen atoms in total. The summed E-state index contributed by atoms with van der Waals surface area (Å²) in [7, 11) is 0. The number of ketones is 1. The van der Waals surface area contributed by atoms with E-state index in [2.05, 4.69) is 25.6 Å². The summed E-state index contributed by atoms with van der Waals surface area (Å²) in [5, 5.41) is 5.55. The summed E-state index contributed by atoms with van der Waals surface area (Å²) in [5.74, 6) is -4.80. The molecule has 3 heterocycles. The van der Waals surface area contributed by atoms with Crippen LogP contribution in [0, 0.1) is 17.5 Å². The molecule has 14 heteroatoms. The van der Waals surface area contributed by atoms with Gasteiger partial charge in [-0.15, -0.1) is 0 Å². The van der Waals surface area contributed by atoms with Crippen LogP contribution in [0.25, 0.3) is 0 Å². The molecule has 5 rings (SSSR count). The molecule has 0 unspecified atom stereocenters. The van der Waals surface area contributed by atoms with Gasteiger partial charge in [0.1, 0.15) is 11.6 Å². The van der Waals surface area contributed by atoms with Crippen LogP contribution >= 0.6 is 11.6 Å². The van der Waals surface area contributed by atoms with Gasteiger partial charge in [0.2, 0.25) is 5.82 Å². The Labute approximate surface area is 248 Å². The van der Waals surface area contributed by atoms with Crippen LogP contribution in [0.4, 0.5) is 29.5 Å². The molecule has 0 saturated carbocycles. The summed E-state index contributed by atoms with van der Waals surface area (Å²) in [6.07, 6.45) is 4.70. The minimum absolute atomic E-state index is 0.00536. The molecule has 43 heavy (non-hydrogen) atoms. The molecule has 2 aromatic heterocycles. The first-order valence-corrected chi connectivity index (χ1v) is 13.6. The van der Waals surface area contributed by atoms with E-state index in [0.717, 1.165) is 12.1 Å². The summed E-state index contributed by atoms with van der Waals surface area (Å²) in [6.45, 7) is 2.80. The average molecular weight is 612 g/mol. The first-order valence-electron chi connectivity index (χ1n) is 13.2. The number of hydrogen-bond acceptors (Lipinski definition) is 6. The van der Waals surface area contributed by atoms with Crippen LogP contribution in [-0.4, -0.2) is 43.8 Å². The zero-order valence-electron chi connectivity index (χ0n) is 23.0. The smallest absolute Gasteiger partial charge is 0.327 e. The van der Waals surface area contributed by atoms with Crippen molar-refractivity contribution in [2.45, 2.75) is 39.3 Å². The third kappa shape index (κ3) is 6.21. The number of hydrogen-bond donors (Lipinski definition) is 2. The molecular weight excluding hydrogens is 587 g/mol. The molecule has 1 atom stereocenters. The molecule has 3 amide bonds. The molecule has 0 radical (unpaired) electrons. The molecule has 0 saturated heterocycles. The van der Waals surface area contributed by atoms with Gasteiger partial charge in [0.05, 0.1) is 36.4 Å². The quantitative estimate of drug-likeness (QED) is 0.289. The molecule has 0 bridgehead atoms. The van der Waals surface area contributed by atoms with Gasteiger partial charge in [-0.3, -0.25) is 29.8 Å². The van der Waals surface area contributed by atoms with E-state index >= 15 is 0 Å². The Bertz CT molecular complexity index is 1730. The van der Waals surface area contributed by atoms with Crippen molar-refractivity contribution in [1.82, 2.24) is 24.8 Å². The number of benzene rings is 2. The minimum atomic E-state index is -1.11. The highest BCUT2D eigenvalue weighted by Crippen LogP contribution is 2.36. The van der Waals surface area contributed by atoms with Gasteiger partial charge in [0, 0.05) is 35.9 Å². The van der Waals surface area contributed by atoms with E-state index in [0.29, 0.717) is 16.8 Å². The number of nitrogens with zero attached hydrogens (tertiary/aromatic N) is 5. The van der Waals surface area contributed by atoms with Crippen molar-refractivity contribution < 1.29 is 27.6 Å². The molecule has 1 aliphatic heterocycles. The van der Waals surface area contributed by atoms with E-state index in [1.807, 2.05) is 0 Å². The molecule has 0 fully saturated rings. The predicted molar refractivity (Wildman–Crippen MR) is 151 cm³/mol. The third-order valence-corrected chi connectivity index (χ3v) is 7.30. The van der Waals surface area contributed by atoms with Crippen molar-refractivity contribution in [1.29, 1.82) is 0 Å². The van der Waals surface area contributed by atoms with Gasteiger partial charge >= 0.3 is 6.03 Å². The van der Waals surface area contributed by atoms with Gasteiger partial charge in [-0.2, -0.15) is 0 Å². The summed E-state index contributed by atoms with van der Waals surface area (Å²) in [5.41, 5.74) is 1.61. The summed E-state index contributed by atoms with van der Waals surface area (Å²) < 4.78 is 43.5. The molecule has 0 aliphatic carbocycles. The Balaban J connectivity index is 1.57. The highest BCUT2D eigenvalue weighted by Gasteiger charge is 2.32. The number of rotatable bonds is 8. The molecule has 222 valence electrons.